The van der Waals surface area contributed by atoms with Gasteiger partial charge in [-0.25, -0.2) is 0 Å². The van der Waals surface area contributed by atoms with Gasteiger partial charge in [-0.1, -0.05) is 35.9 Å². The van der Waals surface area contributed by atoms with E-state index < -0.39 is 24.1 Å². The third-order valence-corrected chi connectivity index (χ3v) is 5.95. The Morgan fingerprint density at radius 2 is 1.94 bits per heavy atom. The van der Waals surface area contributed by atoms with Crippen molar-refractivity contribution in [2.24, 2.45) is 0 Å². The Bertz CT molecular complexity index is 1260. The molecule has 1 aliphatic heterocycles. The highest BCUT2D eigenvalue weighted by atomic mass is 35.5. The van der Waals surface area contributed by atoms with E-state index >= 15 is 0 Å². The van der Waals surface area contributed by atoms with E-state index in [0.717, 1.165) is 12.8 Å². The number of likely N-dealkylation sites (tertiary alicyclic amines) is 1. The monoisotopic (exact) mass is 522 g/mol. The summed E-state index contributed by atoms with van der Waals surface area (Å²) in [7, 11) is 0. The van der Waals surface area contributed by atoms with E-state index in [-0.39, 0.29) is 28.8 Å². The average Bonchev–Trinajstić information content (AvgIpc) is 3.23. The maximum absolute atomic E-state index is 13.1. The van der Waals surface area contributed by atoms with Crippen molar-refractivity contribution >= 4 is 29.1 Å². The Morgan fingerprint density at radius 3 is 2.64 bits per heavy atom. The fourth-order valence-electron chi connectivity index (χ4n) is 4.08. The summed E-state index contributed by atoms with van der Waals surface area (Å²) < 4.78 is 47.8. The third-order valence-electron chi connectivity index (χ3n) is 5.64. The zero-order chi connectivity index (χ0) is 25.9. The zero-order valence-electron chi connectivity index (χ0n) is 19.1. The summed E-state index contributed by atoms with van der Waals surface area (Å²) in [6.07, 6.45) is -2.95. The topological polar surface area (TPSA) is 97.6 Å². The number of aromatic nitrogens is 2. The summed E-state index contributed by atoms with van der Waals surface area (Å²) in [5.74, 6) is -0.558. The van der Waals surface area contributed by atoms with E-state index in [1.807, 2.05) is 0 Å². The number of carbonyl (C=O) groups excluding carboxylic acids is 2. The van der Waals surface area contributed by atoms with Crippen molar-refractivity contribution in [3.63, 3.8) is 0 Å². The number of alkyl halides is 3. The summed E-state index contributed by atoms with van der Waals surface area (Å²) in [6.45, 7) is 2.04. The number of para-hydroxylation sites is 1. The van der Waals surface area contributed by atoms with Gasteiger partial charge in [0.1, 0.15) is 18.2 Å². The molecule has 8 nitrogen and oxygen atoms in total. The lowest BCUT2D eigenvalue weighted by Gasteiger charge is -2.34. The molecule has 1 aliphatic rings. The molecule has 0 aliphatic carbocycles. The molecule has 36 heavy (non-hydrogen) atoms. The van der Waals surface area contributed by atoms with E-state index in [9.17, 15) is 22.8 Å². The maximum atomic E-state index is 13.1. The van der Waals surface area contributed by atoms with Crippen LogP contribution in [0.3, 0.4) is 0 Å². The van der Waals surface area contributed by atoms with Crippen LogP contribution in [0.1, 0.15) is 31.0 Å². The second-order valence-electron chi connectivity index (χ2n) is 8.22. The second kappa shape index (κ2) is 10.6. The number of hydrogen-bond donors (Lipinski definition) is 1. The summed E-state index contributed by atoms with van der Waals surface area (Å²) in [5.41, 5.74) is 0.797. The number of piperidine rings is 1. The van der Waals surface area contributed by atoms with Crippen molar-refractivity contribution < 1.29 is 31.9 Å². The third kappa shape index (κ3) is 6.14. The van der Waals surface area contributed by atoms with Gasteiger partial charge in [0.15, 0.2) is 0 Å². The lowest BCUT2D eigenvalue weighted by atomic mass is 10.0. The molecule has 2 amide bonds. The molecule has 1 saturated heterocycles. The number of benzene rings is 2. The van der Waals surface area contributed by atoms with Crippen molar-refractivity contribution in [3.8, 4) is 16.9 Å². The highest BCUT2D eigenvalue weighted by Crippen LogP contribution is 2.38. The fourth-order valence-corrected chi connectivity index (χ4v) is 4.36. The van der Waals surface area contributed by atoms with Crippen LogP contribution in [0.15, 0.2) is 46.9 Å². The molecule has 0 spiro atoms. The van der Waals surface area contributed by atoms with Gasteiger partial charge in [-0.15, -0.1) is 23.4 Å². The molecule has 0 radical (unpaired) electrons. The quantitative estimate of drug-likeness (QED) is 0.480. The first-order valence-electron chi connectivity index (χ1n) is 11.1. The molecular weight excluding hydrogens is 501 g/mol. The normalized spacial score (nSPS) is 16.0. The van der Waals surface area contributed by atoms with Crippen molar-refractivity contribution in [2.75, 3.05) is 11.9 Å². The van der Waals surface area contributed by atoms with Crippen LogP contribution < -0.4 is 10.1 Å². The van der Waals surface area contributed by atoms with Gasteiger partial charge in [0, 0.05) is 30.3 Å². The van der Waals surface area contributed by atoms with Crippen LogP contribution in [0.4, 0.5) is 18.9 Å². The number of ether oxygens (including phenoxy) is 1. The van der Waals surface area contributed by atoms with Crippen LogP contribution in [0.2, 0.25) is 5.02 Å². The molecule has 1 N–H and O–H groups in total. The van der Waals surface area contributed by atoms with Crippen LogP contribution in [-0.2, 0) is 16.0 Å². The predicted octanol–water partition coefficient (Wildman–Crippen LogP) is 5.16. The predicted molar refractivity (Wildman–Crippen MR) is 124 cm³/mol. The van der Waals surface area contributed by atoms with Gasteiger partial charge in [-0.2, -0.15) is 0 Å². The van der Waals surface area contributed by atoms with Gasteiger partial charge in [0.2, 0.25) is 23.6 Å². The SMILES string of the molecule is Cc1nnc(CC(=O)N2CCCC[C@@H]2C(=O)Nc2ccc(-c3ccccc3OC(F)(F)F)c(Cl)c2)o1. The van der Waals surface area contributed by atoms with Crippen LogP contribution in [0, 0.1) is 6.92 Å². The van der Waals surface area contributed by atoms with Crippen molar-refractivity contribution in [2.45, 2.75) is 45.0 Å². The molecule has 190 valence electrons. The number of carbonyl (C=O) groups is 2. The number of amides is 2. The second-order valence-corrected chi connectivity index (χ2v) is 8.63. The number of anilines is 1. The van der Waals surface area contributed by atoms with Gasteiger partial charge >= 0.3 is 6.36 Å². The standard InChI is InChI=1S/C24H22ClF3N4O4/c1-14-30-31-21(35-14)13-22(33)32-11-5-4-7-19(32)23(34)29-15-9-10-16(18(25)12-15)17-6-2-3-8-20(17)36-24(26,27)28/h2-3,6,8-10,12,19H,4-5,7,11,13H2,1H3,(H,29,34)/t19-/m1/s1. The fraction of sp³-hybridized carbons (Fsp3) is 0.333. The summed E-state index contributed by atoms with van der Waals surface area (Å²) in [4.78, 5) is 27.4. The molecule has 0 saturated carbocycles. The molecule has 0 bridgehead atoms. The van der Waals surface area contributed by atoms with E-state index in [4.69, 9.17) is 16.0 Å². The van der Waals surface area contributed by atoms with Gasteiger partial charge in [-0.05, 0) is 37.5 Å². The Hall–Kier alpha value is -3.60. The summed E-state index contributed by atoms with van der Waals surface area (Å²) >= 11 is 6.37. The Balaban J connectivity index is 1.49. The van der Waals surface area contributed by atoms with Gasteiger partial charge in [0.05, 0.1) is 5.02 Å². The number of hydrogen-bond acceptors (Lipinski definition) is 6. The van der Waals surface area contributed by atoms with Gasteiger partial charge in [-0.3, -0.25) is 9.59 Å². The number of nitrogens with one attached hydrogen (secondary N) is 1. The zero-order valence-corrected chi connectivity index (χ0v) is 19.9. The maximum Gasteiger partial charge on any atom is 0.573 e. The highest BCUT2D eigenvalue weighted by molar-refractivity contribution is 6.33. The Morgan fingerprint density at radius 1 is 1.17 bits per heavy atom. The molecule has 1 fully saturated rings. The van der Waals surface area contributed by atoms with Crippen LogP contribution in [0.5, 0.6) is 5.75 Å². The van der Waals surface area contributed by atoms with Crippen LogP contribution in [-0.4, -0.2) is 45.9 Å². The molecule has 4 rings (SSSR count). The summed E-state index contributed by atoms with van der Waals surface area (Å²) in [5, 5.41) is 10.4. The van der Waals surface area contributed by atoms with Crippen molar-refractivity contribution in [1.82, 2.24) is 15.1 Å². The minimum absolute atomic E-state index is 0.107. The Kier molecular flexibility index (Phi) is 7.48. The minimum Gasteiger partial charge on any atom is -0.425 e. The molecular formula is C24H22ClF3N4O4. The van der Waals surface area contributed by atoms with E-state index in [0.29, 0.717) is 30.1 Å². The summed E-state index contributed by atoms with van der Waals surface area (Å²) in [6, 6.07) is 9.40. The first-order chi connectivity index (χ1) is 17.1. The number of halogens is 4. The molecule has 1 atom stereocenters. The molecule has 2 aromatic carbocycles. The number of aryl methyl sites for hydroxylation is 1. The molecule has 0 unspecified atom stereocenters. The van der Waals surface area contributed by atoms with Crippen LogP contribution >= 0.6 is 11.6 Å². The number of rotatable bonds is 6. The van der Waals surface area contributed by atoms with Crippen LogP contribution in [0.25, 0.3) is 11.1 Å². The van der Waals surface area contributed by atoms with E-state index in [2.05, 4.69) is 20.3 Å². The molecule has 2 heterocycles. The smallest absolute Gasteiger partial charge is 0.425 e. The number of nitrogens with zero attached hydrogens (tertiary/aromatic N) is 3. The van der Waals surface area contributed by atoms with Crippen molar-refractivity contribution in [3.05, 3.63) is 59.3 Å². The van der Waals surface area contributed by atoms with Crippen molar-refractivity contribution in [1.29, 1.82) is 0 Å². The first-order valence-corrected chi connectivity index (χ1v) is 11.5. The van der Waals surface area contributed by atoms with E-state index in [1.165, 1.54) is 41.3 Å². The van der Waals surface area contributed by atoms with Gasteiger partial charge in [0.25, 0.3) is 0 Å². The lowest BCUT2D eigenvalue weighted by molar-refractivity contribution is -0.274. The van der Waals surface area contributed by atoms with E-state index in [1.54, 1.807) is 13.0 Å². The molecule has 1 aromatic heterocycles. The largest absolute Gasteiger partial charge is 0.573 e. The highest BCUT2D eigenvalue weighted by Gasteiger charge is 2.34. The molecule has 12 heteroatoms. The minimum atomic E-state index is -4.86. The average molecular weight is 523 g/mol. The lowest BCUT2D eigenvalue weighted by Crippen LogP contribution is -2.50. The van der Waals surface area contributed by atoms with Gasteiger partial charge < -0.3 is 19.4 Å². The first kappa shape index (κ1) is 25.5. The molecule has 3 aromatic rings. The Labute approximate surface area is 209 Å².